The van der Waals surface area contributed by atoms with Gasteiger partial charge in [-0.3, -0.25) is 9.48 Å². The van der Waals surface area contributed by atoms with E-state index in [0.29, 0.717) is 22.6 Å². The van der Waals surface area contributed by atoms with Crippen molar-refractivity contribution in [2.45, 2.75) is 6.18 Å². The van der Waals surface area contributed by atoms with E-state index < -0.39 is 11.9 Å². The Kier molecular flexibility index (Phi) is 5.28. The van der Waals surface area contributed by atoms with Crippen molar-refractivity contribution >= 4 is 23.3 Å². The minimum Gasteiger partial charge on any atom is -0.307 e. The molecule has 4 aromatic rings. The summed E-state index contributed by atoms with van der Waals surface area (Å²) in [5.41, 5.74) is 0.247. The van der Waals surface area contributed by atoms with Crippen LogP contribution in [0.1, 0.15) is 16.1 Å². The first kappa shape index (κ1) is 20.7. The largest absolute Gasteiger partial charge is 0.435 e. The third-order valence-corrected chi connectivity index (χ3v) is 4.91. The summed E-state index contributed by atoms with van der Waals surface area (Å²) in [6.07, 6.45) is -3.07. The normalized spacial score (nSPS) is 11.5. The minimum absolute atomic E-state index is 0.194. The van der Waals surface area contributed by atoms with Gasteiger partial charge in [0, 0.05) is 24.2 Å². The van der Waals surface area contributed by atoms with E-state index in [0.717, 1.165) is 10.7 Å². The highest BCUT2D eigenvalue weighted by Gasteiger charge is 2.35. The first-order valence-corrected chi connectivity index (χ1v) is 9.44. The van der Waals surface area contributed by atoms with Crippen molar-refractivity contribution in [3.63, 3.8) is 0 Å². The molecule has 0 spiro atoms. The van der Waals surface area contributed by atoms with Crippen molar-refractivity contribution in [3.8, 4) is 16.9 Å². The van der Waals surface area contributed by atoms with E-state index in [1.165, 1.54) is 16.8 Å². The molecule has 2 aromatic heterocycles. The molecule has 0 saturated heterocycles. The number of para-hydroxylation sites is 1. The number of nitrogens with zero attached hydrogens (tertiary/aromatic N) is 4. The van der Waals surface area contributed by atoms with Crippen LogP contribution in [0.25, 0.3) is 16.9 Å². The summed E-state index contributed by atoms with van der Waals surface area (Å²) >= 11 is 6.19. The van der Waals surface area contributed by atoms with Crippen LogP contribution in [0, 0.1) is 0 Å². The van der Waals surface area contributed by atoms with Gasteiger partial charge < -0.3 is 5.32 Å². The Balaban J connectivity index is 1.71. The fourth-order valence-corrected chi connectivity index (χ4v) is 3.23. The SMILES string of the molecule is Cn1nccc1NC(=O)c1ccc(-c2cc(C(F)(F)F)nn2-c2ccccc2Cl)cc1. The van der Waals surface area contributed by atoms with Crippen molar-refractivity contribution in [1.29, 1.82) is 0 Å². The predicted octanol–water partition coefficient (Wildman–Crippen LogP) is 5.20. The van der Waals surface area contributed by atoms with Gasteiger partial charge in [-0.1, -0.05) is 35.9 Å². The van der Waals surface area contributed by atoms with Gasteiger partial charge in [0.1, 0.15) is 5.82 Å². The van der Waals surface area contributed by atoms with Crippen LogP contribution in [-0.4, -0.2) is 25.5 Å². The van der Waals surface area contributed by atoms with E-state index in [1.54, 1.807) is 55.7 Å². The van der Waals surface area contributed by atoms with Gasteiger partial charge in [0.25, 0.3) is 5.91 Å². The Morgan fingerprint density at radius 3 is 2.39 bits per heavy atom. The second-order valence-corrected chi connectivity index (χ2v) is 7.05. The van der Waals surface area contributed by atoms with Gasteiger partial charge >= 0.3 is 6.18 Å². The highest BCUT2D eigenvalue weighted by atomic mass is 35.5. The van der Waals surface area contributed by atoms with Crippen LogP contribution in [0.4, 0.5) is 19.0 Å². The number of nitrogens with one attached hydrogen (secondary N) is 1. The Bertz CT molecular complexity index is 1240. The van der Waals surface area contributed by atoms with E-state index >= 15 is 0 Å². The number of aryl methyl sites for hydroxylation is 1. The van der Waals surface area contributed by atoms with Gasteiger partial charge in [-0.2, -0.15) is 23.4 Å². The smallest absolute Gasteiger partial charge is 0.307 e. The van der Waals surface area contributed by atoms with Gasteiger partial charge in [-0.25, -0.2) is 4.68 Å². The first-order chi connectivity index (χ1) is 14.7. The molecular formula is C21H15ClF3N5O. The van der Waals surface area contributed by atoms with Crippen LogP contribution in [0.2, 0.25) is 5.02 Å². The number of hydrogen-bond acceptors (Lipinski definition) is 3. The van der Waals surface area contributed by atoms with Crippen LogP contribution in [0.15, 0.2) is 66.9 Å². The van der Waals surface area contributed by atoms with E-state index in [-0.39, 0.29) is 16.6 Å². The summed E-state index contributed by atoms with van der Waals surface area (Å²) in [6.45, 7) is 0. The molecule has 31 heavy (non-hydrogen) atoms. The van der Waals surface area contributed by atoms with Crippen molar-refractivity contribution in [1.82, 2.24) is 19.6 Å². The molecule has 2 heterocycles. The lowest BCUT2D eigenvalue weighted by atomic mass is 10.1. The number of hydrogen-bond donors (Lipinski definition) is 1. The molecule has 0 fully saturated rings. The maximum atomic E-state index is 13.3. The molecule has 0 unspecified atom stereocenters. The molecule has 158 valence electrons. The highest BCUT2D eigenvalue weighted by Crippen LogP contribution is 2.34. The molecule has 0 radical (unpaired) electrons. The lowest BCUT2D eigenvalue weighted by Gasteiger charge is -2.10. The van der Waals surface area contributed by atoms with E-state index in [4.69, 9.17) is 11.6 Å². The molecule has 0 saturated carbocycles. The van der Waals surface area contributed by atoms with E-state index in [2.05, 4.69) is 15.5 Å². The quantitative estimate of drug-likeness (QED) is 0.469. The Labute approximate surface area is 179 Å². The Morgan fingerprint density at radius 2 is 1.77 bits per heavy atom. The van der Waals surface area contributed by atoms with Crippen LogP contribution < -0.4 is 5.32 Å². The van der Waals surface area contributed by atoms with Gasteiger partial charge in [0.2, 0.25) is 0 Å². The summed E-state index contributed by atoms with van der Waals surface area (Å²) < 4.78 is 42.6. The zero-order valence-electron chi connectivity index (χ0n) is 16.1. The zero-order valence-corrected chi connectivity index (χ0v) is 16.8. The van der Waals surface area contributed by atoms with E-state index in [1.807, 2.05) is 0 Å². The number of rotatable bonds is 4. The van der Waals surface area contributed by atoms with Crippen LogP contribution >= 0.6 is 11.6 Å². The number of aromatic nitrogens is 4. The summed E-state index contributed by atoms with van der Waals surface area (Å²) in [4.78, 5) is 12.4. The molecule has 1 amide bonds. The Hall–Kier alpha value is -3.59. The maximum absolute atomic E-state index is 13.3. The summed E-state index contributed by atoms with van der Waals surface area (Å²) in [6, 6.07) is 15.3. The number of amides is 1. The number of halogens is 4. The van der Waals surface area contributed by atoms with Gasteiger partial charge in [0.15, 0.2) is 5.69 Å². The lowest BCUT2D eigenvalue weighted by molar-refractivity contribution is -0.141. The molecule has 0 bridgehead atoms. The molecular weight excluding hydrogens is 431 g/mol. The molecule has 0 aliphatic heterocycles. The summed E-state index contributed by atoms with van der Waals surface area (Å²) in [5, 5.41) is 10.7. The van der Waals surface area contributed by atoms with Crippen LogP contribution in [0.5, 0.6) is 0 Å². The fraction of sp³-hybridized carbons (Fsp3) is 0.0952. The summed E-state index contributed by atoms with van der Waals surface area (Å²) in [7, 11) is 1.69. The highest BCUT2D eigenvalue weighted by molar-refractivity contribution is 6.32. The number of alkyl halides is 3. The number of carbonyl (C=O) groups excluding carboxylic acids is 1. The molecule has 1 N–H and O–H groups in total. The van der Waals surface area contributed by atoms with Crippen molar-refractivity contribution in [2.75, 3.05) is 5.32 Å². The third kappa shape index (κ3) is 4.17. The molecule has 4 rings (SSSR count). The zero-order chi connectivity index (χ0) is 22.2. The minimum atomic E-state index is -4.62. The lowest BCUT2D eigenvalue weighted by Crippen LogP contribution is -2.14. The second-order valence-electron chi connectivity index (χ2n) is 6.65. The van der Waals surface area contributed by atoms with Crippen molar-refractivity contribution in [3.05, 3.63) is 83.1 Å². The topological polar surface area (TPSA) is 64.7 Å². The monoisotopic (exact) mass is 445 g/mol. The molecule has 2 aromatic carbocycles. The molecule has 0 aliphatic rings. The molecule has 0 atom stereocenters. The third-order valence-electron chi connectivity index (χ3n) is 4.59. The van der Waals surface area contributed by atoms with Crippen LogP contribution in [-0.2, 0) is 13.2 Å². The fourth-order valence-electron chi connectivity index (χ4n) is 3.01. The average molecular weight is 446 g/mol. The first-order valence-electron chi connectivity index (χ1n) is 9.06. The standard InChI is InChI=1S/C21H15ClF3N5O/c1-29-19(10-11-26-29)27-20(31)14-8-6-13(7-9-14)17-12-18(21(23,24)25)28-30(17)16-5-3-2-4-15(16)22/h2-12H,1H3,(H,27,31). The van der Waals surface area contributed by atoms with Crippen molar-refractivity contribution < 1.29 is 18.0 Å². The second kappa shape index (κ2) is 7.92. The number of anilines is 1. The summed E-state index contributed by atoms with van der Waals surface area (Å²) in [5.74, 6) is 0.145. The molecule has 6 nitrogen and oxygen atoms in total. The maximum Gasteiger partial charge on any atom is 0.435 e. The van der Waals surface area contributed by atoms with Gasteiger partial charge in [-0.05, 0) is 30.3 Å². The van der Waals surface area contributed by atoms with Gasteiger partial charge in [-0.15, -0.1) is 0 Å². The molecule has 0 aliphatic carbocycles. The van der Waals surface area contributed by atoms with Gasteiger partial charge in [0.05, 0.1) is 22.6 Å². The van der Waals surface area contributed by atoms with Crippen molar-refractivity contribution in [2.24, 2.45) is 7.05 Å². The number of carbonyl (C=O) groups is 1. The predicted molar refractivity (Wildman–Crippen MR) is 110 cm³/mol. The Morgan fingerprint density at radius 1 is 1.06 bits per heavy atom. The molecule has 10 heteroatoms. The van der Waals surface area contributed by atoms with E-state index in [9.17, 15) is 18.0 Å². The average Bonchev–Trinajstić information content (AvgIpc) is 3.35. The number of benzene rings is 2. The van der Waals surface area contributed by atoms with Crippen LogP contribution in [0.3, 0.4) is 0 Å².